The lowest BCUT2D eigenvalue weighted by Gasteiger charge is -2.22. The minimum Gasteiger partial charge on any atom is -0.467 e. The Kier molecular flexibility index (Phi) is 6.09. The molecule has 0 aliphatic rings. The van der Waals surface area contributed by atoms with Crippen LogP contribution < -0.4 is 16.6 Å². The van der Waals surface area contributed by atoms with E-state index in [4.69, 9.17) is 16.3 Å². The topological polar surface area (TPSA) is 117 Å². The van der Waals surface area contributed by atoms with Gasteiger partial charge < -0.3 is 10.1 Å². The second-order valence-electron chi connectivity index (χ2n) is 6.30. The van der Waals surface area contributed by atoms with Crippen LogP contribution in [0.5, 0.6) is 0 Å². The highest BCUT2D eigenvalue weighted by Crippen LogP contribution is 2.16. The summed E-state index contributed by atoms with van der Waals surface area (Å²) in [5.41, 5.74) is -1.07. The zero-order chi connectivity index (χ0) is 20.5. The van der Waals surface area contributed by atoms with E-state index < -0.39 is 29.2 Å². The molecule has 2 aromatic rings. The second-order valence-corrected chi connectivity index (χ2v) is 6.64. The van der Waals surface area contributed by atoms with Gasteiger partial charge in [-0.3, -0.25) is 23.3 Å². The van der Waals surface area contributed by atoms with Crippen molar-refractivity contribution in [3.05, 3.63) is 26.1 Å². The number of nitrogens with zero attached hydrogens (tertiary/aromatic N) is 4. The van der Waals surface area contributed by atoms with Crippen LogP contribution in [0.3, 0.4) is 0 Å². The summed E-state index contributed by atoms with van der Waals surface area (Å²) in [4.78, 5) is 52.9. The average Bonchev–Trinajstić information content (AvgIpc) is 2.97. The molecule has 27 heavy (non-hydrogen) atoms. The van der Waals surface area contributed by atoms with Gasteiger partial charge in [0.05, 0.1) is 7.11 Å². The molecule has 0 aliphatic carbocycles. The summed E-state index contributed by atoms with van der Waals surface area (Å²) < 4.78 is 8.03. The number of amides is 1. The summed E-state index contributed by atoms with van der Waals surface area (Å²) >= 11 is 6.09. The molecule has 1 amide bonds. The lowest BCUT2D eigenvalue weighted by atomic mass is 9.99. The average molecular weight is 400 g/mol. The fourth-order valence-corrected chi connectivity index (χ4v) is 2.95. The molecule has 2 rings (SSSR count). The lowest BCUT2D eigenvalue weighted by molar-refractivity contribution is -0.146. The molecule has 0 bridgehead atoms. The van der Waals surface area contributed by atoms with Crippen molar-refractivity contribution in [1.82, 2.24) is 24.0 Å². The monoisotopic (exact) mass is 399 g/mol. The van der Waals surface area contributed by atoms with Gasteiger partial charge in [0.2, 0.25) is 11.2 Å². The zero-order valence-electron chi connectivity index (χ0n) is 15.8. The molecular formula is C16H22ClN5O5. The zero-order valence-corrected chi connectivity index (χ0v) is 16.5. The molecule has 0 spiro atoms. The molecular weight excluding hydrogens is 378 g/mol. The summed E-state index contributed by atoms with van der Waals surface area (Å²) in [6.07, 6.45) is 0.650. The molecule has 2 aromatic heterocycles. The van der Waals surface area contributed by atoms with Crippen LogP contribution in [-0.4, -0.2) is 43.7 Å². The molecule has 148 valence electrons. The number of aromatic nitrogens is 4. The van der Waals surface area contributed by atoms with E-state index in [1.807, 2.05) is 13.8 Å². The molecule has 11 heteroatoms. The van der Waals surface area contributed by atoms with E-state index in [1.165, 1.54) is 30.3 Å². The van der Waals surface area contributed by atoms with Crippen LogP contribution in [0.1, 0.15) is 20.3 Å². The predicted molar refractivity (Wildman–Crippen MR) is 98.6 cm³/mol. The van der Waals surface area contributed by atoms with Gasteiger partial charge in [-0.1, -0.05) is 20.3 Å². The van der Waals surface area contributed by atoms with Gasteiger partial charge in [0.25, 0.3) is 5.56 Å². The summed E-state index contributed by atoms with van der Waals surface area (Å²) in [7, 11) is 4.02. The van der Waals surface area contributed by atoms with Crippen molar-refractivity contribution in [2.24, 2.45) is 20.0 Å². The fraction of sp³-hybridized carbons (Fsp3) is 0.562. The first-order valence-corrected chi connectivity index (χ1v) is 8.70. The van der Waals surface area contributed by atoms with Gasteiger partial charge in [0.1, 0.15) is 12.6 Å². The van der Waals surface area contributed by atoms with Gasteiger partial charge in [-0.2, -0.15) is 4.98 Å². The number of carbonyl (C=O) groups is 2. The number of ether oxygens (including phenoxy) is 1. The smallest absolute Gasteiger partial charge is 0.332 e. The third-order valence-corrected chi connectivity index (χ3v) is 4.88. The van der Waals surface area contributed by atoms with Crippen molar-refractivity contribution >= 4 is 34.6 Å². The number of esters is 1. The van der Waals surface area contributed by atoms with Crippen molar-refractivity contribution in [2.75, 3.05) is 7.11 Å². The van der Waals surface area contributed by atoms with E-state index in [0.29, 0.717) is 6.42 Å². The number of halogens is 1. The summed E-state index contributed by atoms with van der Waals surface area (Å²) in [5, 5.41) is 2.50. The maximum absolute atomic E-state index is 12.5. The van der Waals surface area contributed by atoms with Gasteiger partial charge in [0, 0.05) is 14.1 Å². The molecule has 0 fully saturated rings. The van der Waals surface area contributed by atoms with Gasteiger partial charge in [-0.05, 0) is 17.5 Å². The maximum atomic E-state index is 12.5. The number of methoxy groups -OCH3 is 1. The van der Waals surface area contributed by atoms with Crippen molar-refractivity contribution < 1.29 is 14.3 Å². The van der Waals surface area contributed by atoms with E-state index in [9.17, 15) is 19.2 Å². The Bertz CT molecular complexity index is 1010. The number of hydrogen-bond donors (Lipinski definition) is 1. The fourth-order valence-electron chi connectivity index (χ4n) is 2.72. The van der Waals surface area contributed by atoms with Gasteiger partial charge in [0.15, 0.2) is 11.2 Å². The largest absolute Gasteiger partial charge is 0.467 e. The normalized spacial score (nSPS) is 13.4. The van der Waals surface area contributed by atoms with E-state index in [-0.39, 0.29) is 28.9 Å². The Morgan fingerprint density at radius 2 is 1.89 bits per heavy atom. The van der Waals surface area contributed by atoms with Crippen LogP contribution in [-0.2, 0) is 35.0 Å². The van der Waals surface area contributed by atoms with Crippen molar-refractivity contribution in [1.29, 1.82) is 0 Å². The Balaban J connectivity index is 2.43. The highest BCUT2D eigenvalue weighted by Gasteiger charge is 2.27. The van der Waals surface area contributed by atoms with Gasteiger partial charge >= 0.3 is 11.7 Å². The van der Waals surface area contributed by atoms with Crippen LogP contribution in [0.25, 0.3) is 11.2 Å². The third-order valence-electron chi connectivity index (χ3n) is 4.59. The molecule has 0 aromatic carbocycles. The van der Waals surface area contributed by atoms with E-state index in [1.54, 1.807) is 0 Å². The number of carbonyl (C=O) groups excluding carboxylic acids is 2. The Morgan fingerprint density at radius 1 is 1.26 bits per heavy atom. The van der Waals surface area contributed by atoms with Gasteiger partial charge in [-0.25, -0.2) is 9.59 Å². The Labute approximate surface area is 159 Å². The van der Waals surface area contributed by atoms with Crippen molar-refractivity contribution in [3.8, 4) is 0 Å². The van der Waals surface area contributed by atoms with Crippen LogP contribution in [0.2, 0.25) is 5.28 Å². The number of aryl methyl sites for hydroxylation is 1. The minimum atomic E-state index is -0.826. The molecule has 2 heterocycles. The summed E-state index contributed by atoms with van der Waals surface area (Å²) in [5.74, 6) is -1.24. The first-order valence-electron chi connectivity index (χ1n) is 8.32. The van der Waals surface area contributed by atoms with Crippen molar-refractivity contribution in [3.63, 3.8) is 0 Å². The minimum absolute atomic E-state index is 0.0258. The quantitative estimate of drug-likeness (QED) is 0.530. The highest BCUT2D eigenvalue weighted by atomic mass is 35.5. The molecule has 0 unspecified atom stereocenters. The number of imidazole rings is 1. The summed E-state index contributed by atoms with van der Waals surface area (Å²) in [6, 6.07) is -0.826. The SMILES string of the molecule is CC[C@@H](C)[C@@H](NC(=O)Cn1c(Cl)nc2c1c(=O)n(C)c(=O)n2C)C(=O)OC. The molecule has 2 atom stereocenters. The van der Waals surface area contributed by atoms with Crippen molar-refractivity contribution in [2.45, 2.75) is 32.9 Å². The van der Waals surface area contributed by atoms with Gasteiger partial charge in [-0.15, -0.1) is 0 Å². The van der Waals surface area contributed by atoms with Crippen LogP contribution >= 0.6 is 11.6 Å². The van der Waals surface area contributed by atoms with Crippen LogP contribution in [0.15, 0.2) is 9.59 Å². The third kappa shape index (κ3) is 3.75. The standard InChI is InChI=1S/C16H22ClN5O5/c1-6-8(2)10(14(25)27-5)18-9(23)7-22-11-12(19-15(22)17)20(3)16(26)21(4)13(11)24/h8,10H,6-7H2,1-5H3,(H,18,23)/t8-,10-/m1/s1. The molecule has 0 aliphatic heterocycles. The molecule has 0 saturated heterocycles. The van der Waals surface area contributed by atoms with E-state index in [0.717, 1.165) is 4.57 Å². The molecule has 0 saturated carbocycles. The van der Waals surface area contributed by atoms with E-state index >= 15 is 0 Å². The van der Waals surface area contributed by atoms with Crippen LogP contribution in [0, 0.1) is 5.92 Å². The number of fused-ring (bicyclic) bond motifs is 1. The van der Waals surface area contributed by atoms with Crippen LogP contribution in [0.4, 0.5) is 0 Å². The number of nitrogens with one attached hydrogen (secondary N) is 1. The first-order chi connectivity index (χ1) is 12.6. The summed E-state index contributed by atoms with van der Waals surface area (Å²) in [6.45, 7) is 3.36. The van der Waals surface area contributed by atoms with E-state index in [2.05, 4.69) is 10.3 Å². The molecule has 10 nitrogen and oxygen atoms in total. The lowest BCUT2D eigenvalue weighted by Crippen LogP contribution is -2.47. The Hall–Kier alpha value is -2.62. The predicted octanol–water partition coefficient (Wildman–Crippen LogP) is -0.209. The number of rotatable bonds is 6. The molecule has 1 N–H and O–H groups in total. The number of hydrogen-bond acceptors (Lipinski definition) is 6. The molecule has 0 radical (unpaired) electrons. The second kappa shape index (κ2) is 7.95. The highest BCUT2D eigenvalue weighted by molar-refractivity contribution is 6.29. The maximum Gasteiger partial charge on any atom is 0.332 e. The Morgan fingerprint density at radius 3 is 2.44 bits per heavy atom. The first kappa shape index (κ1) is 20.7.